The average Bonchev–Trinajstić information content (AvgIpc) is 3.22. The first-order valence-corrected chi connectivity index (χ1v) is 7.31. The highest BCUT2D eigenvalue weighted by Crippen LogP contribution is 2.47. The monoisotopic (exact) mass is 317 g/mol. The van der Waals surface area contributed by atoms with Gasteiger partial charge in [-0.1, -0.05) is 12.1 Å². The van der Waals surface area contributed by atoms with Gasteiger partial charge >= 0.3 is 5.97 Å². The molecule has 1 aliphatic carbocycles. The van der Waals surface area contributed by atoms with Crippen molar-refractivity contribution in [3.8, 4) is 0 Å². The maximum absolute atomic E-state index is 12.9. The van der Waals surface area contributed by atoms with Gasteiger partial charge in [-0.2, -0.15) is 0 Å². The number of hydrogen-bond acceptors (Lipinski definition) is 3. The number of carbonyl (C=O) groups excluding carboxylic acids is 1. The molecule has 0 saturated heterocycles. The van der Waals surface area contributed by atoms with E-state index < -0.39 is 5.97 Å². The first kappa shape index (κ1) is 15.3. The van der Waals surface area contributed by atoms with Gasteiger partial charge in [0.05, 0.1) is 6.54 Å². The molecule has 23 heavy (non-hydrogen) atoms. The van der Waals surface area contributed by atoms with Crippen molar-refractivity contribution in [1.82, 2.24) is 5.32 Å². The molecule has 6 heteroatoms. The van der Waals surface area contributed by atoms with Crippen molar-refractivity contribution in [1.29, 1.82) is 0 Å². The maximum Gasteiger partial charge on any atom is 0.339 e. The first-order valence-electron chi connectivity index (χ1n) is 7.31. The van der Waals surface area contributed by atoms with E-state index in [2.05, 4.69) is 5.32 Å². The molecule has 0 aliphatic heterocycles. The van der Waals surface area contributed by atoms with Crippen LogP contribution < -0.4 is 5.32 Å². The normalized spacial score (nSPS) is 19.4. The van der Waals surface area contributed by atoms with Crippen molar-refractivity contribution in [2.75, 3.05) is 0 Å². The van der Waals surface area contributed by atoms with Gasteiger partial charge in [-0.25, -0.2) is 9.18 Å². The summed E-state index contributed by atoms with van der Waals surface area (Å²) < 4.78 is 18.2. The Morgan fingerprint density at radius 1 is 1.35 bits per heavy atom. The topological polar surface area (TPSA) is 79.5 Å². The molecule has 2 aromatic rings. The number of rotatable bonds is 5. The SMILES string of the molecule is Cc1oc(CNC(=O)C2CC2c2ccc(F)cc2)cc1C(=O)O. The minimum Gasteiger partial charge on any atom is -0.478 e. The van der Waals surface area contributed by atoms with E-state index in [9.17, 15) is 14.0 Å². The third-order valence-corrected chi connectivity index (χ3v) is 4.06. The molecule has 0 radical (unpaired) electrons. The molecule has 1 saturated carbocycles. The zero-order valence-corrected chi connectivity index (χ0v) is 12.5. The minimum absolute atomic E-state index is 0.102. The number of aryl methyl sites for hydroxylation is 1. The quantitative estimate of drug-likeness (QED) is 0.888. The van der Waals surface area contributed by atoms with E-state index in [4.69, 9.17) is 9.52 Å². The summed E-state index contributed by atoms with van der Waals surface area (Å²) in [5, 5.41) is 11.7. The number of halogens is 1. The van der Waals surface area contributed by atoms with Crippen LogP contribution in [-0.4, -0.2) is 17.0 Å². The number of furan rings is 1. The Bertz CT molecular complexity index is 750. The molecule has 5 nitrogen and oxygen atoms in total. The summed E-state index contributed by atoms with van der Waals surface area (Å²) in [6, 6.07) is 7.59. The van der Waals surface area contributed by atoms with Crippen molar-refractivity contribution < 1.29 is 23.5 Å². The van der Waals surface area contributed by atoms with Gasteiger partial charge in [0.25, 0.3) is 0 Å². The molecule has 1 heterocycles. The lowest BCUT2D eigenvalue weighted by molar-refractivity contribution is -0.122. The lowest BCUT2D eigenvalue weighted by Crippen LogP contribution is -2.24. The summed E-state index contributed by atoms with van der Waals surface area (Å²) in [5.74, 6) is -0.742. The molecule has 2 atom stereocenters. The van der Waals surface area contributed by atoms with Crippen LogP contribution in [0.15, 0.2) is 34.7 Å². The minimum atomic E-state index is -1.05. The second kappa shape index (κ2) is 5.87. The Morgan fingerprint density at radius 2 is 2.04 bits per heavy atom. The second-order valence-electron chi connectivity index (χ2n) is 5.71. The van der Waals surface area contributed by atoms with Crippen LogP contribution in [0.1, 0.15) is 39.8 Å². The van der Waals surface area contributed by atoms with Gasteiger partial charge in [0.1, 0.15) is 22.9 Å². The highest BCUT2D eigenvalue weighted by atomic mass is 19.1. The lowest BCUT2D eigenvalue weighted by Gasteiger charge is -2.03. The van der Waals surface area contributed by atoms with Gasteiger partial charge < -0.3 is 14.8 Å². The lowest BCUT2D eigenvalue weighted by atomic mass is 10.1. The standard InChI is InChI=1S/C17H16FNO4/c1-9-13(17(21)22)6-12(23-9)8-19-16(20)15-7-14(15)10-2-4-11(18)5-3-10/h2-6,14-15H,7-8H2,1H3,(H,19,20)(H,21,22). The molecular formula is C17H16FNO4. The Balaban J connectivity index is 1.56. The summed E-state index contributed by atoms with van der Waals surface area (Å²) in [6.07, 6.45) is 0.731. The first-order chi connectivity index (χ1) is 11.0. The number of carboxylic acids is 1. The summed E-state index contributed by atoms with van der Waals surface area (Å²) in [5.41, 5.74) is 1.05. The molecule has 0 bridgehead atoms. The zero-order chi connectivity index (χ0) is 16.6. The van der Waals surface area contributed by atoms with E-state index in [1.54, 1.807) is 19.1 Å². The Kier molecular flexibility index (Phi) is 3.90. The molecule has 2 N–H and O–H groups in total. The van der Waals surface area contributed by atoms with Gasteiger partial charge in [0, 0.05) is 5.92 Å². The van der Waals surface area contributed by atoms with E-state index in [1.807, 2.05) is 0 Å². The van der Waals surface area contributed by atoms with Crippen LogP contribution in [0.2, 0.25) is 0 Å². The average molecular weight is 317 g/mol. The van der Waals surface area contributed by atoms with Crippen LogP contribution in [0.3, 0.4) is 0 Å². The van der Waals surface area contributed by atoms with Gasteiger partial charge in [-0.15, -0.1) is 0 Å². The Morgan fingerprint density at radius 3 is 2.65 bits per heavy atom. The fourth-order valence-electron chi connectivity index (χ4n) is 2.71. The number of benzene rings is 1. The third kappa shape index (κ3) is 3.26. The smallest absolute Gasteiger partial charge is 0.339 e. The number of carboxylic acid groups (broad SMARTS) is 1. The van der Waals surface area contributed by atoms with Crippen LogP contribution in [0.4, 0.5) is 4.39 Å². The number of aromatic carboxylic acids is 1. The number of amides is 1. The van der Waals surface area contributed by atoms with Gasteiger partial charge in [0.15, 0.2) is 0 Å². The predicted octanol–water partition coefficient (Wildman–Crippen LogP) is 2.85. The maximum atomic E-state index is 12.9. The van der Waals surface area contributed by atoms with Crippen molar-refractivity contribution in [2.45, 2.75) is 25.8 Å². The molecule has 120 valence electrons. The zero-order valence-electron chi connectivity index (χ0n) is 12.5. The Hall–Kier alpha value is -2.63. The molecule has 1 aliphatic rings. The summed E-state index contributed by atoms with van der Waals surface area (Å²) in [7, 11) is 0. The van der Waals surface area contributed by atoms with Crippen LogP contribution in [0.5, 0.6) is 0 Å². The fraction of sp³-hybridized carbons (Fsp3) is 0.294. The molecule has 1 fully saturated rings. The van der Waals surface area contributed by atoms with Crippen LogP contribution in [-0.2, 0) is 11.3 Å². The molecular weight excluding hydrogens is 301 g/mol. The van der Waals surface area contributed by atoms with Gasteiger partial charge in [-0.05, 0) is 43.0 Å². The number of hydrogen-bond donors (Lipinski definition) is 2. The molecule has 1 aromatic carbocycles. The number of carbonyl (C=O) groups is 2. The van der Waals surface area contributed by atoms with Crippen molar-refractivity contribution in [2.24, 2.45) is 5.92 Å². The van der Waals surface area contributed by atoms with Crippen LogP contribution in [0, 0.1) is 18.7 Å². The molecule has 2 unspecified atom stereocenters. The van der Waals surface area contributed by atoms with E-state index in [-0.39, 0.29) is 35.7 Å². The van der Waals surface area contributed by atoms with Crippen molar-refractivity contribution >= 4 is 11.9 Å². The third-order valence-electron chi connectivity index (χ3n) is 4.06. The summed E-state index contributed by atoms with van der Waals surface area (Å²) in [6.45, 7) is 1.72. The molecule has 1 aromatic heterocycles. The van der Waals surface area contributed by atoms with Crippen LogP contribution >= 0.6 is 0 Å². The molecule has 1 amide bonds. The van der Waals surface area contributed by atoms with Crippen molar-refractivity contribution in [3.05, 3.63) is 58.8 Å². The molecule has 0 spiro atoms. The van der Waals surface area contributed by atoms with E-state index in [0.717, 1.165) is 12.0 Å². The second-order valence-corrected chi connectivity index (χ2v) is 5.71. The van der Waals surface area contributed by atoms with E-state index >= 15 is 0 Å². The van der Waals surface area contributed by atoms with Gasteiger partial charge in [0.2, 0.25) is 5.91 Å². The summed E-state index contributed by atoms with van der Waals surface area (Å²) in [4.78, 5) is 23.1. The highest BCUT2D eigenvalue weighted by molar-refractivity contribution is 5.89. The van der Waals surface area contributed by atoms with Gasteiger partial charge in [-0.3, -0.25) is 4.79 Å². The number of nitrogens with one attached hydrogen (secondary N) is 1. The van der Waals surface area contributed by atoms with E-state index in [1.165, 1.54) is 18.2 Å². The Labute approximate surface area is 132 Å². The summed E-state index contributed by atoms with van der Waals surface area (Å²) >= 11 is 0. The van der Waals surface area contributed by atoms with Crippen molar-refractivity contribution in [3.63, 3.8) is 0 Å². The molecule has 3 rings (SSSR count). The van der Waals surface area contributed by atoms with E-state index in [0.29, 0.717) is 11.5 Å². The van der Waals surface area contributed by atoms with Crippen LogP contribution in [0.25, 0.3) is 0 Å². The fourth-order valence-corrected chi connectivity index (χ4v) is 2.71. The largest absolute Gasteiger partial charge is 0.478 e. The highest BCUT2D eigenvalue weighted by Gasteiger charge is 2.43. The predicted molar refractivity (Wildman–Crippen MR) is 79.5 cm³/mol.